The molecule has 0 aromatic carbocycles. The SMILES string of the molecule is CC(C)N1CC[I-]1. The maximum atomic E-state index is 2.58. The van der Waals surface area contributed by atoms with E-state index in [9.17, 15) is 0 Å². The molecule has 0 unspecified atom stereocenters. The number of alkyl halides is 1. The second-order valence-corrected chi connectivity index (χ2v) is 5.03. The van der Waals surface area contributed by atoms with Gasteiger partial charge in [0.1, 0.15) is 0 Å². The molecule has 0 saturated carbocycles. The van der Waals surface area contributed by atoms with Crippen LogP contribution < -0.4 is 21.5 Å². The molecule has 0 N–H and O–H groups in total. The molecule has 0 atom stereocenters. The molecule has 44 valence electrons. The molecular weight excluding hydrogens is 201 g/mol. The fourth-order valence-corrected chi connectivity index (χ4v) is 2.41. The third-order valence-electron chi connectivity index (χ3n) is 1.10. The van der Waals surface area contributed by atoms with Crippen LogP contribution in [0.25, 0.3) is 0 Å². The molecule has 0 radical (unpaired) electrons. The van der Waals surface area contributed by atoms with E-state index in [2.05, 4.69) is 17.0 Å². The average molecular weight is 212 g/mol. The Morgan fingerprint density at radius 2 is 2.14 bits per heavy atom. The summed E-state index contributed by atoms with van der Waals surface area (Å²) in [5.74, 6) is 0. The zero-order valence-corrected chi connectivity index (χ0v) is 6.97. The fourth-order valence-electron chi connectivity index (χ4n) is 0.578. The van der Waals surface area contributed by atoms with Crippen LogP contribution in [-0.2, 0) is 0 Å². The van der Waals surface area contributed by atoms with Crippen molar-refractivity contribution in [2.45, 2.75) is 19.9 Å². The summed E-state index contributed by atoms with van der Waals surface area (Å²) in [6.45, 7) is 5.93. The number of rotatable bonds is 1. The minimum atomic E-state index is 0.518. The van der Waals surface area contributed by atoms with Crippen molar-refractivity contribution in [2.75, 3.05) is 11.0 Å². The Morgan fingerprint density at radius 1 is 1.57 bits per heavy atom. The van der Waals surface area contributed by atoms with Crippen LogP contribution in [0.5, 0.6) is 0 Å². The zero-order chi connectivity index (χ0) is 5.28. The quantitative estimate of drug-likeness (QED) is 0.269. The first-order valence-corrected chi connectivity index (χ1v) is 5.16. The van der Waals surface area contributed by atoms with Crippen LogP contribution in [0.3, 0.4) is 0 Å². The number of hydrogen-bond acceptors (Lipinski definition) is 1. The molecule has 1 fully saturated rings. The van der Waals surface area contributed by atoms with Gasteiger partial charge in [-0.2, -0.15) is 0 Å². The molecule has 1 aliphatic heterocycles. The Balaban J connectivity index is 2.14. The summed E-state index contributed by atoms with van der Waals surface area (Å²) in [5, 5.41) is 0. The average Bonchev–Trinajstić information content (AvgIpc) is 1.23. The Morgan fingerprint density at radius 3 is 2.14 bits per heavy atom. The van der Waals surface area contributed by atoms with Gasteiger partial charge in [0, 0.05) is 0 Å². The molecule has 0 spiro atoms. The van der Waals surface area contributed by atoms with Gasteiger partial charge in [0.05, 0.1) is 0 Å². The van der Waals surface area contributed by atoms with E-state index in [0.717, 1.165) is 6.04 Å². The predicted molar refractivity (Wildman–Crippen MR) is 26.7 cm³/mol. The van der Waals surface area contributed by atoms with Gasteiger partial charge in [-0.05, 0) is 0 Å². The topological polar surface area (TPSA) is 3.24 Å². The van der Waals surface area contributed by atoms with Gasteiger partial charge in [-0.3, -0.25) is 0 Å². The van der Waals surface area contributed by atoms with E-state index in [-0.39, 0.29) is 0 Å². The van der Waals surface area contributed by atoms with Gasteiger partial charge in [0.2, 0.25) is 0 Å². The van der Waals surface area contributed by atoms with E-state index in [4.69, 9.17) is 0 Å². The van der Waals surface area contributed by atoms with E-state index < -0.39 is 0 Å². The Bertz CT molecular complexity index is 59.1. The van der Waals surface area contributed by atoms with Crippen molar-refractivity contribution in [3.63, 3.8) is 0 Å². The first-order valence-electron chi connectivity index (χ1n) is 2.67. The minimum absolute atomic E-state index is 0.518. The molecule has 1 saturated heterocycles. The Labute approximate surface area is 55.7 Å². The molecule has 0 aromatic heterocycles. The summed E-state index contributed by atoms with van der Waals surface area (Å²) in [4.78, 5) is 0. The van der Waals surface area contributed by atoms with Crippen molar-refractivity contribution >= 4 is 0 Å². The van der Waals surface area contributed by atoms with Gasteiger partial charge < -0.3 is 0 Å². The fraction of sp³-hybridized carbons (Fsp3) is 1.00. The summed E-state index contributed by atoms with van der Waals surface area (Å²) in [7, 11) is 0. The van der Waals surface area contributed by atoms with Crippen molar-refractivity contribution in [3.05, 3.63) is 0 Å². The summed E-state index contributed by atoms with van der Waals surface area (Å²) < 4.78 is 4.11. The van der Waals surface area contributed by atoms with Crippen molar-refractivity contribution in [2.24, 2.45) is 0 Å². The zero-order valence-electron chi connectivity index (χ0n) is 4.82. The van der Waals surface area contributed by atoms with Gasteiger partial charge in [0.25, 0.3) is 0 Å². The first kappa shape index (κ1) is 5.82. The molecule has 0 amide bonds. The second kappa shape index (κ2) is 2.31. The van der Waals surface area contributed by atoms with Crippen LogP contribution in [0.1, 0.15) is 13.8 Å². The van der Waals surface area contributed by atoms with Gasteiger partial charge in [-0.15, -0.1) is 0 Å². The molecule has 1 rings (SSSR count). The van der Waals surface area contributed by atoms with Crippen molar-refractivity contribution in [1.82, 2.24) is 3.11 Å². The molecule has 0 aromatic rings. The van der Waals surface area contributed by atoms with E-state index in [1.807, 2.05) is 0 Å². The summed E-state index contributed by atoms with van der Waals surface area (Å²) in [6.07, 6.45) is 0. The van der Waals surface area contributed by atoms with Gasteiger partial charge in [-0.1, -0.05) is 0 Å². The van der Waals surface area contributed by atoms with Crippen LogP contribution in [0.4, 0.5) is 0 Å². The maximum absolute atomic E-state index is 2.58. The molecule has 1 aliphatic rings. The second-order valence-electron chi connectivity index (χ2n) is 2.03. The van der Waals surface area contributed by atoms with Gasteiger partial charge in [0.15, 0.2) is 0 Å². The van der Waals surface area contributed by atoms with Crippen LogP contribution in [0.15, 0.2) is 0 Å². The Kier molecular flexibility index (Phi) is 1.92. The van der Waals surface area contributed by atoms with Crippen LogP contribution >= 0.6 is 0 Å². The van der Waals surface area contributed by atoms with Crippen molar-refractivity contribution in [1.29, 1.82) is 0 Å². The normalized spacial score (nSPS) is 23.9. The molecule has 2 heteroatoms. The third-order valence-corrected chi connectivity index (χ3v) is 4.53. The monoisotopic (exact) mass is 212 g/mol. The van der Waals surface area contributed by atoms with E-state index in [0.29, 0.717) is 21.5 Å². The van der Waals surface area contributed by atoms with Gasteiger partial charge in [-0.25, -0.2) is 0 Å². The van der Waals surface area contributed by atoms with Gasteiger partial charge >= 0.3 is 55.5 Å². The summed E-state index contributed by atoms with van der Waals surface area (Å²) in [5.41, 5.74) is 0. The molecule has 1 nitrogen and oxygen atoms in total. The Hall–Kier alpha value is 0.690. The molecule has 7 heavy (non-hydrogen) atoms. The van der Waals surface area contributed by atoms with E-state index in [1.165, 1.54) is 11.0 Å². The standard InChI is InChI=1S/C5H11IN/c1-5(2)7-4-3-6-7/h5H,3-4H2,1-2H3/q-1. The number of nitrogens with zero attached hydrogens (tertiary/aromatic N) is 1. The molecule has 0 bridgehead atoms. The number of hydrogen-bond donors (Lipinski definition) is 0. The molecule has 1 heterocycles. The van der Waals surface area contributed by atoms with E-state index in [1.54, 1.807) is 0 Å². The number of halogens is 1. The van der Waals surface area contributed by atoms with Crippen LogP contribution in [0.2, 0.25) is 0 Å². The van der Waals surface area contributed by atoms with E-state index >= 15 is 0 Å². The van der Waals surface area contributed by atoms with Crippen molar-refractivity contribution in [3.8, 4) is 0 Å². The summed E-state index contributed by atoms with van der Waals surface area (Å²) >= 11 is 0.518. The van der Waals surface area contributed by atoms with Crippen molar-refractivity contribution < 1.29 is 21.5 Å². The predicted octanol–water partition coefficient (Wildman–Crippen LogP) is -2.29. The first-order chi connectivity index (χ1) is 3.30. The third kappa shape index (κ3) is 1.29. The van der Waals surface area contributed by atoms with Crippen LogP contribution in [-0.4, -0.2) is 20.1 Å². The molecule has 0 aliphatic carbocycles. The van der Waals surface area contributed by atoms with Crippen LogP contribution in [0, 0.1) is 0 Å². The summed E-state index contributed by atoms with van der Waals surface area (Å²) in [6, 6.07) is 0.835. The molecular formula is C5H11IN-.